The number of aryl methyl sites for hydroxylation is 2. The predicted molar refractivity (Wildman–Crippen MR) is 105 cm³/mol. The number of fused-ring (bicyclic) bond motifs is 1. The summed E-state index contributed by atoms with van der Waals surface area (Å²) in [5.74, 6) is 0.237. The summed E-state index contributed by atoms with van der Waals surface area (Å²) in [4.78, 5) is 19.3. The van der Waals surface area contributed by atoms with Gasteiger partial charge in [-0.15, -0.1) is 23.7 Å². The van der Waals surface area contributed by atoms with Crippen LogP contribution in [0.15, 0.2) is 17.6 Å². The van der Waals surface area contributed by atoms with E-state index in [4.69, 9.17) is 5.10 Å². The van der Waals surface area contributed by atoms with Gasteiger partial charge in [-0.25, -0.2) is 4.98 Å². The van der Waals surface area contributed by atoms with Crippen molar-refractivity contribution < 1.29 is 4.79 Å². The first-order chi connectivity index (χ1) is 12.3. The number of hydrogen-bond donors (Lipinski definition) is 1. The van der Waals surface area contributed by atoms with Gasteiger partial charge in [-0.3, -0.25) is 9.48 Å². The van der Waals surface area contributed by atoms with E-state index >= 15 is 0 Å². The molecule has 6 nitrogen and oxygen atoms in total. The third kappa shape index (κ3) is 4.27. The Bertz CT molecular complexity index is 694. The van der Waals surface area contributed by atoms with E-state index in [1.165, 1.54) is 12.1 Å². The molecule has 26 heavy (non-hydrogen) atoms. The van der Waals surface area contributed by atoms with Gasteiger partial charge in [0.2, 0.25) is 5.91 Å². The minimum absolute atomic E-state index is 0. The van der Waals surface area contributed by atoms with Crippen molar-refractivity contribution in [3.8, 4) is 0 Å². The highest BCUT2D eigenvalue weighted by Crippen LogP contribution is 2.32. The molecule has 1 unspecified atom stereocenters. The van der Waals surface area contributed by atoms with E-state index in [0.717, 1.165) is 62.6 Å². The second kappa shape index (κ2) is 8.97. The Morgan fingerprint density at radius 1 is 1.31 bits per heavy atom. The molecule has 0 spiro atoms. The van der Waals surface area contributed by atoms with Crippen LogP contribution < -0.4 is 5.32 Å². The average molecular weight is 396 g/mol. The summed E-state index contributed by atoms with van der Waals surface area (Å²) < 4.78 is 2.10. The van der Waals surface area contributed by atoms with Crippen molar-refractivity contribution in [1.82, 2.24) is 25.0 Å². The molecule has 0 aromatic carbocycles. The molecule has 0 bridgehead atoms. The van der Waals surface area contributed by atoms with Crippen LogP contribution in [0.2, 0.25) is 0 Å². The molecule has 0 radical (unpaired) electrons. The van der Waals surface area contributed by atoms with E-state index in [9.17, 15) is 4.79 Å². The topological polar surface area (TPSA) is 63.1 Å². The van der Waals surface area contributed by atoms with Crippen molar-refractivity contribution in [2.45, 2.75) is 57.7 Å². The molecule has 1 fully saturated rings. The minimum atomic E-state index is 0. The Morgan fingerprint density at radius 2 is 2.23 bits per heavy atom. The lowest BCUT2D eigenvalue weighted by Crippen LogP contribution is -2.38. The van der Waals surface area contributed by atoms with Gasteiger partial charge >= 0.3 is 0 Å². The molecule has 4 rings (SSSR count). The average Bonchev–Trinajstić information content (AvgIpc) is 3.26. The van der Waals surface area contributed by atoms with Crippen LogP contribution in [-0.4, -0.2) is 38.7 Å². The Hall–Kier alpha value is -1.44. The van der Waals surface area contributed by atoms with Crippen LogP contribution in [0.3, 0.4) is 0 Å². The van der Waals surface area contributed by atoms with E-state index in [2.05, 4.69) is 21.0 Å². The van der Waals surface area contributed by atoms with E-state index in [-0.39, 0.29) is 24.4 Å². The van der Waals surface area contributed by atoms with E-state index in [1.54, 1.807) is 11.3 Å². The molecule has 2 aromatic heterocycles. The summed E-state index contributed by atoms with van der Waals surface area (Å²) in [6.45, 7) is 3.74. The van der Waals surface area contributed by atoms with Gasteiger partial charge in [-0.2, -0.15) is 5.10 Å². The van der Waals surface area contributed by atoms with Crippen molar-refractivity contribution in [2.75, 3.05) is 13.1 Å². The molecule has 4 heterocycles. The highest BCUT2D eigenvalue weighted by molar-refractivity contribution is 7.09. The number of aromatic nitrogens is 3. The molecular formula is C18H26ClN5OS. The van der Waals surface area contributed by atoms with Crippen molar-refractivity contribution in [3.63, 3.8) is 0 Å². The second-order valence-electron chi connectivity index (χ2n) is 6.85. The van der Waals surface area contributed by atoms with Crippen LogP contribution in [-0.2, 0) is 24.3 Å². The predicted octanol–water partition coefficient (Wildman–Crippen LogP) is 2.94. The van der Waals surface area contributed by atoms with Crippen LogP contribution in [0.1, 0.15) is 54.5 Å². The van der Waals surface area contributed by atoms with Gasteiger partial charge < -0.3 is 10.2 Å². The fourth-order valence-electron chi connectivity index (χ4n) is 3.81. The zero-order valence-corrected chi connectivity index (χ0v) is 16.5. The molecule has 1 atom stereocenters. The van der Waals surface area contributed by atoms with Crippen molar-refractivity contribution in [2.24, 2.45) is 0 Å². The molecule has 142 valence electrons. The van der Waals surface area contributed by atoms with Gasteiger partial charge in [0, 0.05) is 44.1 Å². The fourth-order valence-corrected chi connectivity index (χ4v) is 4.59. The number of amides is 1. The number of nitrogens with one attached hydrogen (secondary N) is 1. The maximum absolute atomic E-state index is 12.8. The Morgan fingerprint density at radius 3 is 3.08 bits per heavy atom. The van der Waals surface area contributed by atoms with Gasteiger partial charge in [0.1, 0.15) is 5.01 Å². The van der Waals surface area contributed by atoms with E-state index in [0.29, 0.717) is 6.42 Å². The number of thiazole rings is 1. The molecule has 1 saturated heterocycles. The third-order valence-electron chi connectivity index (χ3n) is 5.10. The summed E-state index contributed by atoms with van der Waals surface area (Å²) in [6.07, 6.45) is 7.50. The Kier molecular flexibility index (Phi) is 6.67. The number of carbonyl (C=O) groups is 1. The highest BCUT2D eigenvalue weighted by atomic mass is 35.5. The molecule has 8 heteroatoms. The largest absolute Gasteiger partial charge is 0.333 e. The molecule has 0 aliphatic carbocycles. The smallest absolute Gasteiger partial charge is 0.223 e. The summed E-state index contributed by atoms with van der Waals surface area (Å²) in [6, 6.07) is 2.32. The monoisotopic (exact) mass is 395 g/mol. The lowest BCUT2D eigenvalue weighted by molar-refractivity contribution is -0.135. The molecule has 0 saturated carbocycles. The first kappa shape index (κ1) is 19.3. The minimum Gasteiger partial charge on any atom is -0.333 e. The lowest BCUT2D eigenvalue weighted by atomic mass is 10.0. The number of hydrogen-bond acceptors (Lipinski definition) is 5. The van der Waals surface area contributed by atoms with Gasteiger partial charge in [-0.05, 0) is 38.3 Å². The lowest BCUT2D eigenvalue weighted by Gasteiger charge is -2.34. The van der Waals surface area contributed by atoms with Crippen molar-refractivity contribution in [1.29, 1.82) is 0 Å². The van der Waals surface area contributed by atoms with Gasteiger partial charge in [-0.1, -0.05) is 0 Å². The Balaban J connectivity index is 0.00000196. The first-order valence-corrected chi connectivity index (χ1v) is 10.1. The summed E-state index contributed by atoms with van der Waals surface area (Å²) in [7, 11) is 0. The molecule has 2 aliphatic heterocycles. The SMILES string of the molecule is Cl.O=C(CCc1cc2n(n1)CCCNC2)N1CCCCC1c1nccs1. The molecule has 2 aromatic rings. The quantitative estimate of drug-likeness (QED) is 0.864. The number of rotatable bonds is 4. The number of piperidine rings is 1. The summed E-state index contributed by atoms with van der Waals surface area (Å²) in [5, 5.41) is 11.2. The summed E-state index contributed by atoms with van der Waals surface area (Å²) in [5.41, 5.74) is 2.27. The van der Waals surface area contributed by atoms with E-state index in [1.807, 2.05) is 16.5 Å². The zero-order valence-electron chi connectivity index (χ0n) is 14.9. The van der Waals surface area contributed by atoms with Crippen LogP contribution in [0.25, 0.3) is 0 Å². The van der Waals surface area contributed by atoms with Crippen LogP contribution in [0, 0.1) is 0 Å². The van der Waals surface area contributed by atoms with Crippen LogP contribution in [0.5, 0.6) is 0 Å². The van der Waals surface area contributed by atoms with Gasteiger partial charge in [0.15, 0.2) is 0 Å². The number of carbonyl (C=O) groups excluding carboxylic acids is 1. The fraction of sp³-hybridized carbons (Fsp3) is 0.611. The summed E-state index contributed by atoms with van der Waals surface area (Å²) >= 11 is 1.66. The van der Waals surface area contributed by atoms with Crippen LogP contribution >= 0.6 is 23.7 Å². The van der Waals surface area contributed by atoms with Crippen LogP contribution in [0.4, 0.5) is 0 Å². The zero-order chi connectivity index (χ0) is 17.1. The van der Waals surface area contributed by atoms with E-state index < -0.39 is 0 Å². The van der Waals surface area contributed by atoms with Gasteiger partial charge in [0.25, 0.3) is 0 Å². The molecule has 1 amide bonds. The molecular weight excluding hydrogens is 370 g/mol. The third-order valence-corrected chi connectivity index (χ3v) is 5.97. The maximum Gasteiger partial charge on any atom is 0.223 e. The first-order valence-electron chi connectivity index (χ1n) is 9.26. The Labute approximate surface area is 164 Å². The second-order valence-corrected chi connectivity index (χ2v) is 7.78. The molecule has 1 N–H and O–H groups in total. The van der Waals surface area contributed by atoms with Crippen molar-refractivity contribution >= 4 is 29.7 Å². The number of likely N-dealkylation sites (tertiary alicyclic amines) is 1. The highest BCUT2D eigenvalue weighted by Gasteiger charge is 2.29. The molecule has 2 aliphatic rings. The normalized spacial score (nSPS) is 20.2. The van der Waals surface area contributed by atoms with Crippen molar-refractivity contribution in [3.05, 3.63) is 34.0 Å². The van der Waals surface area contributed by atoms with Gasteiger partial charge in [0.05, 0.1) is 17.4 Å². The standard InChI is InChI=1S/C18H25N5OS.ClH/c24-17(22-9-2-1-4-16(22)18-20-8-11-25-18)6-5-14-12-15-13-19-7-3-10-23(15)21-14;/h8,11-12,16,19H,1-7,9-10,13H2;1H. The number of halogens is 1. The number of nitrogens with zero attached hydrogens (tertiary/aromatic N) is 4. The maximum atomic E-state index is 12.8.